The molecule has 0 spiro atoms. The van der Waals surface area contributed by atoms with E-state index in [2.05, 4.69) is 73.7 Å². The average molecular weight is 484 g/mol. The molecule has 0 aliphatic heterocycles. The van der Waals surface area contributed by atoms with Gasteiger partial charge in [0, 0.05) is 4.48 Å². The molecule has 1 aromatic carbocycles. The van der Waals surface area contributed by atoms with Crippen molar-refractivity contribution in [3.05, 3.63) is 40.1 Å². The van der Waals surface area contributed by atoms with E-state index in [1.807, 2.05) is 24.3 Å². The molecular weight excluding hydrogens is 480 g/mol. The molecular formula is C11H4Br4N2. The molecule has 86 valence electrons. The Labute approximate surface area is 131 Å². The van der Waals surface area contributed by atoms with Crippen molar-refractivity contribution in [1.29, 1.82) is 0 Å². The van der Waals surface area contributed by atoms with Crippen LogP contribution in [0.2, 0.25) is 0 Å². The first-order chi connectivity index (χ1) is 8.01. The number of aromatic nitrogens is 2. The van der Waals surface area contributed by atoms with Crippen LogP contribution in [0.3, 0.4) is 0 Å². The van der Waals surface area contributed by atoms with E-state index < -0.39 is 3.23 Å². The van der Waals surface area contributed by atoms with E-state index in [0.717, 1.165) is 31.4 Å². The first-order valence-electron chi connectivity index (χ1n) is 4.73. The lowest BCUT2D eigenvalue weighted by Crippen LogP contribution is -2.08. The zero-order valence-corrected chi connectivity index (χ0v) is 14.6. The molecule has 0 saturated carbocycles. The number of fused-ring (bicyclic) bond motifs is 2. The van der Waals surface area contributed by atoms with Crippen LogP contribution in [-0.4, -0.2) is 9.97 Å². The topological polar surface area (TPSA) is 25.8 Å². The molecule has 1 aromatic heterocycles. The molecule has 1 heterocycles. The van der Waals surface area contributed by atoms with Crippen LogP contribution < -0.4 is 0 Å². The largest absolute Gasteiger partial charge is 0.246 e. The van der Waals surface area contributed by atoms with Crippen molar-refractivity contribution < 1.29 is 0 Å². The number of alkyl halides is 2. The number of hydrogen-bond acceptors (Lipinski definition) is 2. The van der Waals surface area contributed by atoms with Crippen molar-refractivity contribution in [2.75, 3.05) is 0 Å². The molecule has 0 radical (unpaired) electrons. The van der Waals surface area contributed by atoms with Crippen molar-refractivity contribution in [3.63, 3.8) is 0 Å². The number of para-hydroxylation sites is 2. The predicted octanol–water partition coefficient (Wildman–Crippen LogP) is 5.04. The van der Waals surface area contributed by atoms with Crippen molar-refractivity contribution in [1.82, 2.24) is 9.97 Å². The molecule has 0 bridgehead atoms. The van der Waals surface area contributed by atoms with E-state index in [-0.39, 0.29) is 0 Å². The van der Waals surface area contributed by atoms with Crippen LogP contribution in [0.15, 0.2) is 28.7 Å². The summed E-state index contributed by atoms with van der Waals surface area (Å²) in [5.41, 5.74) is 3.48. The van der Waals surface area contributed by atoms with Gasteiger partial charge in [-0.2, -0.15) is 0 Å². The minimum Gasteiger partial charge on any atom is -0.246 e. The Morgan fingerprint density at radius 1 is 0.941 bits per heavy atom. The van der Waals surface area contributed by atoms with Crippen LogP contribution in [0.25, 0.3) is 15.5 Å². The first kappa shape index (κ1) is 12.3. The molecule has 1 aliphatic rings. The highest BCUT2D eigenvalue weighted by Gasteiger charge is 2.42. The Morgan fingerprint density at radius 2 is 1.53 bits per heavy atom. The van der Waals surface area contributed by atoms with Gasteiger partial charge in [0.05, 0.1) is 15.5 Å². The van der Waals surface area contributed by atoms with Gasteiger partial charge >= 0.3 is 0 Å². The molecule has 0 fully saturated rings. The summed E-state index contributed by atoms with van der Waals surface area (Å²) < 4.78 is 1.36. The monoisotopic (exact) mass is 480 g/mol. The van der Waals surface area contributed by atoms with Gasteiger partial charge in [-0.1, -0.05) is 59.9 Å². The predicted molar refractivity (Wildman–Crippen MR) is 83.8 cm³/mol. The Hall–Kier alpha value is 0.220. The van der Waals surface area contributed by atoms with Crippen LogP contribution in [0, 0.1) is 0 Å². The highest BCUT2D eigenvalue weighted by atomic mass is 79.9. The Morgan fingerprint density at radius 3 is 2.18 bits per heavy atom. The van der Waals surface area contributed by atoms with E-state index in [9.17, 15) is 0 Å². The number of rotatable bonds is 0. The molecule has 3 rings (SSSR count). The summed E-state index contributed by atoms with van der Waals surface area (Å²) in [6.45, 7) is 0. The third-order valence-electron chi connectivity index (χ3n) is 2.54. The summed E-state index contributed by atoms with van der Waals surface area (Å²) in [6, 6.07) is 7.83. The summed E-state index contributed by atoms with van der Waals surface area (Å²) >= 11 is 14.3. The maximum Gasteiger partial charge on any atom is 0.157 e. The fourth-order valence-electron chi connectivity index (χ4n) is 1.72. The smallest absolute Gasteiger partial charge is 0.157 e. The van der Waals surface area contributed by atoms with Crippen molar-refractivity contribution in [2.45, 2.75) is 3.23 Å². The SMILES string of the molecule is BrC1=C(Br)C(Br)(Br)c2nc3ccccc3nc21. The highest BCUT2D eigenvalue weighted by molar-refractivity contribution is 9.26. The number of allylic oxidation sites excluding steroid dienone is 1. The van der Waals surface area contributed by atoms with Crippen LogP contribution in [0.5, 0.6) is 0 Å². The quantitative estimate of drug-likeness (QED) is 0.491. The Bertz CT molecular complexity index is 664. The second-order valence-electron chi connectivity index (χ2n) is 3.61. The molecule has 1 aliphatic carbocycles. The zero-order chi connectivity index (χ0) is 12.2. The minimum atomic E-state index is -0.495. The van der Waals surface area contributed by atoms with Crippen LogP contribution in [-0.2, 0) is 3.23 Å². The second-order valence-corrected chi connectivity index (χ2v) is 8.64. The van der Waals surface area contributed by atoms with E-state index in [1.54, 1.807) is 0 Å². The third-order valence-corrected chi connectivity index (χ3v) is 7.45. The minimum absolute atomic E-state index is 0.495. The van der Waals surface area contributed by atoms with Crippen molar-refractivity contribution in [2.24, 2.45) is 0 Å². The molecule has 0 atom stereocenters. The van der Waals surface area contributed by atoms with E-state index in [0.29, 0.717) is 0 Å². The number of hydrogen-bond donors (Lipinski definition) is 0. The summed E-state index contributed by atoms with van der Waals surface area (Å²) in [5.74, 6) is 0. The summed E-state index contributed by atoms with van der Waals surface area (Å²) in [7, 11) is 0. The lowest BCUT2D eigenvalue weighted by atomic mass is 10.2. The lowest BCUT2D eigenvalue weighted by molar-refractivity contribution is 1.07. The molecule has 6 heteroatoms. The first-order valence-corrected chi connectivity index (χ1v) is 7.90. The van der Waals surface area contributed by atoms with Gasteiger partial charge in [-0.15, -0.1) is 0 Å². The van der Waals surface area contributed by atoms with Crippen LogP contribution in [0.1, 0.15) is 11.4 Å². The van der Waals surface area contributed by atoms with Crippen LogP contribution in [0.4, 0.5) is 0 Å². The van der Waals surface area contributed by atoms with Gasteiger partial charge in [-0.3, -0.25) is 0 Å². The number of nitrogens with zero attached hydrogens (tertiary/aromatic N) is 2. The zero-order valence-electron chi connectivity index (χ0n) is 8.22. The summed E-state index contributed by atoms with van der Waals surface area (Å²) in [6.07, 6.45) is 0. The van der Waals surface area contributed by atoms with Gasteiger partial charge in [0.1, 0.15) is 11.4 Å². The molecule has 17 heavy (non-hydrogen) atoms. The van der Waals surface area contributed by atoms with Gasteiger partial charge in [0.15, 0.2) is 3.23 Å². The highest BCUT2D eigenvalue weighted by Crippen LogP contribution is 2.57. The van der Waals surface area contributed by atoms with Gasteiger partial charge in [-0.05, 0) is 28.1 Å². The van der Waals surface area contributed by atoms with E-state index in [1.165, 1.54) is 0 Å². The average Bonchev–Trinajstić information content (AvgIpc) is 2.49. The van der Waals surface area contributed by atoms with Gasteiger partial charge < -0.3 is 0 Å². The molecule has 0 unspecified atom stereocenters. The molecule has 0 saturated heterocycles. The van der Waals surface area contributed by atoms with Gasteiger partial charge in [0.25, 0.3) is 0 Å². The maximum absolute atomic E-state index is 4.65. The Balaban J connectivity index is 2.40. The normalized spacial score (nSPS) is 17.6. The fraction of sp³-hybridized carbons (Fsp3) is 0.0909. The number of halogens is 4. The van der Waals surface area contributed by atoms with E-state index in [4.69, 9.17) is 0 Å². The summed E-state index contributed by atoms with van der Waals surface area (Å²) in [5, 5.41) is 0. The van der Waals surface area contributed by atoms with Crippen molar-refractivity contribution >= 4 is 79.2 Å². The second kappa shape index (κ2) is 4.11. The molecule has 2 nitrogen and oxygen atoms in total. The fourth-order valence-corrected chi connectivity index (χ4v) is 4.15. The van der Waals surface area contributed by atoms with Gasteiger partial charge in [-0.25, -0.2) is 9.97 Å². The standard InChI is InChI=1S/C11H4Br4N2/c12-7-8-10(11(14,15)9(7)13)17-6-4-2-1-3-5(6)16-8/h1-4H. The number of benzene rings is 1. The lowest BCUT2D eigenvalue weighted by Gasteiger charge is -2.14. The van der Waals surface area contributed by atoms with Crippen LogP contribution >= 0.6 is 63.7 Å². The molecule has 0 amide bonds. The van der Waals surface area contributed by atoms with E-state index >= 15 is 0 Å². The third kappa shape index (κ3) is 1.76. The Kier molecular flexibility index (Phi) is 2.97. The molecule has 0 N–H and O–H groups in total. The van der Waals surface area contributed by atoms with Crippen molar-refractivity contribution in [3.8, 4) is 0 Å². The summed E-state index contributed by atoms with van der Waals surface area (Å²) in [4.78, 5) is 9.28. The van der Waals surface area contributed by atoms with Gasteiger partial charge in [0.2, 0.25) is 0 Å². The molecule has 2 aromatic rings. The maximum atomic E-state index is 4.65.